The Bertz CT molecular complexity index is 1370. The van der Waals surface area contributed by atoms with Crippen molar-refractivity contribution in [3.63, 3.8) is 0 Å². The van der Waals surface area contributed by atoms with Crippen LogP contribution in [0, 0.1) is 0 Å². The first-order valence-electron chi connectivity index (χ1n) is 11.8. The zero-order valence-electron chi connectivity index (χ0n) is 19.0. The molecule has 2 aromatic carbocycles. The summed E-state index contributed by atoms with van der Waals surface area (Å²) < 4.78 is 6.00. The van der Waals surface area contributed by atoms with Crippen LogP contribution < -0.4 is 10.5 Å². The van der Waals surface area contributed by atoms with Crippen LogP contribution >= 0.6 is 11.5 Å². The van der Waals surface area contributed by atoms with Gasteiger partial charge in [0.25, 0.3) is 5.56 Å². The molecule has 1 saturated heterocycles. The van der Waals surface area contributed by atoms with Gasteiger partial charge in [-0.1, -0.05) is 18.2 Å². The predicted molar refractivity (Wildman–Crippen MR) is 136 cm³/mol. The summed E-state index contributed by atoms with van der Waals surface area (Å²) in [5, 5.41) is 2.50. The molecule has 4 heterocycles. The maximum atomic E-state index is 12.4. The largest absolute Gasteiger partial charge is 0.353 e. The molecule has 0 unspecified atom stereocenters. The molecular weight excluding hydrogens is 430 g/mol. The number of piperazine rings is 1. The van der Waals surface area contributed by atoms with Crippen LogP contribution in [0.2, 0.25) is 0 Å². The van der Waals surface area contributed by atoms with Gasteiger partial charge in [0.2, 0.25) is 0 Å². The van der Waals surface area contributed by atoms with Crippen LogP contribution in [0.1, 0.15) is 23.1 Å². The Hall–Kier alpha value is -2.74. The number of aryl methyl sites for hydroxylation is 1. The molecule has 0 spiro atoms. The molecule has 6 rings (SSSR count). The predicted octanol–water partition coefficient (Wildman–Crippen LogP) is 3.84. The summed E-state index contributed by atoms with van der Waals surface area (Å²) in [6.45, 7) is 6.98. The van der Waals surface area contributed by atoms with Crippen LogP contribution in [0.5, 0.6) is 0 Å². The minimum Gasteiger partial charge on any atom is -0.353 e. The van der Waals surface area contributed by atoms with Gasteiger partial charge < -0.3 is 9.88 Å². The van der Waals surface area contributed by atoms with Crippen molar-refractivity contribution in [2.45, 2.75) is 25.9 Å². The molecule has 6 nitrogen and oxygen atoms in total. The van der Waals surface area contributed by atoms with Crippen LogP contribution in [-0.4, -0.2) is 58.9 Å². The zero-order valence-corrected chi connectivity index (χ0v) is 19.8. The second-order valence-corrected chi connectivity index (χ2v) is 10.2. The van der Waals surface area contributed by atoms with E-state index in [4.69, 9.17) is 4.37 Å². The lowest BCUT2D eigenvalue weighted by Gasteiger charge is -2.35. The number of hydrogen-bond donors (Lipinski definition) is 1. The third kappa shape index (κ3) is 3.94. The number of nitrogens with one attached hydrogen (secondary N) is 1. The number of anilines is 1. The highest BCUT2D eigenvalue weighted by atomic mass is 32.1. The van der Waals surface area contributed by atoms with E-state index in [9.17, 15) is 4.79 Å². The summed E-state index contributed by atoms with van der Waals surface area (Å²) in [7, 11) is 2.08. The van der Waals surface area contributed by atoms with Gasteiger partial charge in [-0.3, -0.25) is 14.6 Å². The zero-order chi connectivity index (χ0) is 22.4. The summed E-state index contributed by atoms with van der Waals surface area (Å²) in [6.07, 6.45) is 2.22. The van der Waals surface area contributed by atoms with E-state index in [-0.39, 0.29) is 5.56 Å². The van der Waals surface area contributed by atoms with Gasteiger partial charge in [0.05, 0.1) is 4.70 Å². The fourth-order valence-electron chi connectivity index (χ4n) is 5.34. The van der Waals surface area contributed by atoms with Gasteiger partial charge >= 0.3 is 0 Å². The Kier molecular flexibility index (Phi) is 5.40. The second kappa shape index (κ2) is 8.56. The molecular formula is C26H29N5OS. The number of nitrogens with zero attached hydrogens (tertiary/aromatic N) is 4. The third-order valence-corrected chi connectivity index (χ3v) is 7.94. The smallest absolute Gasteiger partial charge is 0.253 e. The molecule has 2 aliphatic heterocycles. The molecule has 0 saturated carbocycles. The van der Waals surface area contributed by atoms with E-state index >= 15 is 0 Å². The first kappa shape index (κ1) is 20.8. The van der Waals surface area contributed by atoms with Gasteiger partial charge in [0.15, 0.2) is 0 Å². The number of hydrogen-bond acceptors (Lipinski definition) is 6. The molecule has 4 aromatic rings. The number of fused-ring (bicyclic) bond motifs is 4. The van der Waals surface area contributed by atoms with Crippen LogP contribution in [0.25, 0.3) is 21.0 Å². The first-order valence-corrected chi connectivity index (χ1v) is 12.6. The molecule has 0 bridgehead atoms. The van der Waals surface area contributed by atoms with Gasteiger partial charge in [-0.15, -0.1) is 0 Å². The van der Waals surface area contributed by atoms with E-state index in [2.05, 4.69) is 69.2 Å². The van der Waals surface area contributed by atoms with Crippen LogP contribution in [0.3, 0.4) is 0 Å². The van der Waals surface area contributed by atoms with Gasteiger partial charge in [-0.2, -0.15) is 4.37 Å². The maximum absolute atomic E-state index is 12.4. The Morgan fingerprint density at radius 3 is 2.70 bits per heavy atom. The molecule has 2 aromatic heterocycles. The van der Waals surface area contributed by atoms with Crippen molar-refractivity contribution < 1.29 is 0 Å². The molecule has 0 aliphatic carbocycles. The maximum Gasteiger partial charge on any atom is 0.253 e. The van der Waals surface area contributed by atoms with E-state index in [1.165, 1.54) is 26.6 Å². The standard InChI is InChI=1S/C26H29N5OS/c1-29-16-21-20-15-18(8-9-23(20)27-26(32)22(21)17-29)5-4-10-30-11-13-31(14-12-30)25-19-6-2-3-7-24(19)33-28-25/h2-3,6-9,15H,4-5,10-14,16-17H2,1H3,(H,27,32). The quantitative estimate of drug-likeness (QED) is 0.492. The Morgan fingerprint density at radius 1 is 1.00 bits per heavy atom. The van der Waals surface area contributed by atoms with Crippen LogP contribution in [0.15, 0.2) is 47.3 Å². The molecule has 0 amide bonds. The highest BCUT2D eigenvalue weighted by molar-refractivity contribution is 7.13. The van der Waals surface area contributed by atoms with Gasteiger partial charge in [0, 0.05) is 61.1 Å². The van der Waals surface area contributed by atoms with E-state index in [0.717, 1.165) is 75.6 Å². The van der Waals surface area contributed by atoms with Crippen LogP contribution in [0.4, 0.5) is 5.82 Å². The van der Waals surface area contributed by atoms with Gasteiger partial charge in [-0.25, -0.2) is 0 Å². The average Bonchev–Trinajstić information content (AvgIpc) is 3.44. The van der Waals surface area contributed by atoms with Crippen molar-refractivity contribution in [1.29, 1.82) is 0 Å². The SMILES string of the molecule is CN1Cc2c(c3cc(CCCN4CCN(c5nsc6ccccc56)CC4)ccc3[nH]c2=O)C1. The van der Waals surface area contributed by atoms with E-state index in [1.54, 1.807) is 11.5 Å². The number of rotatable bonds is 5. The molecule has 1 fully saturated rings. The highest BCUT2D eigenvalue weighted by Gasteiger charge is 2.22. The topological polar surface area (TPSA) is 55.5 Å². The number of pyridine rings is 1. The highest BCUT2D eigenvalue weighted by Crippen LogP contribution is 2.30. The monoisotopic (exact) mass is 459 g/mol. The minimum absolute atomic E-state index is 0.0689. The van der Waals surface area contributed by atoms with Gasteiger partial charge in [-0.05, 0) is 73.4 Å². The van der Waals surface area contributed by atoms with Crippen molar-refractivity contribution in [3.05, 3.63) is 69.5 Å². The molecule has 170 valence electrons. The molecule has 33 heavy (non-hydrogen) atoms. The summed E-state index contributed by atoms with van der Waals surface area (Å²) in [4.78, 5) is 22.7. The van der Waals surface area contributed by atoms with E-state index < -0.39 is 0 Å². The third-order valence-electron chi connectivity index (χ3n) is 7.12. The fourth-order valence-corrected chi connectivity index (χ4v) is 6.13. The fraction of sp³-hybridized carbons (Fsp3) is 0.385. The second-order valence-electron chi connectivity index (χ2n) is 9.40. The Labute approximate surface area is 197 Å². The lowest BCUT2D eigenvalue weighted by Crippen LogP contribution is -2.46. The number of aromatic nitrogens is 2. The van der Waals surface area contributed by atoms with Crippen molar-refractivity contribution >= 4 is 38.3 Å². The number of H-pyrrole nitrogens is 1. The summed E-state index contributed by atoms with van der Waals surface area (Å²) >= 11 is 1.60. The van der Waals surface area contributed by atoms with E-state index in [0.29, 0.717) is 0 Å². The van der Waals surface area contributed by atoms with E-state index in [1.807, 2.05) is 0 Å². The molecule has 0 radical (unpaired) electrons. The summed E-state index contributed by atoms with van der Waals surface area (Å²) in [6, 6.07) is 15.1. The lowest BCUT2D eigenvalue weighted by molar-refractivity contribution is 0.255. The van der Waals surface area contributed by atoms with Gasteiger partial charge in [0.1, 0.15) is 5.82 Å². The Balaban J connectivity index is 1.07. The normalized spacial score (nSPS) is 17.3. The average molecular weight is 460 g/mol. The Morgan fingerprint density at radius 2 is 1.82 bits per heavy atom. The van der Waals surface area contributed by atoms with Crippen molar-refractivity contribution in [2.75, 3.05) is 44.7 Å². The molecule has 2 aliphatic rings. The van der Waals surface area contributed by atoms with Crippen molar-refractivity contribution in [3.8, 4) is 0 Å². The molecule has 0 atom stereocenters. The lowest BCUT2D eigenvalue weighted by atomic mass is 10.0. The summed E-state index contributed by atoms with van der Waals surface area (Å²) in [5.74, 6) is 1.16. The first-order chi connectivity index (χ1) is 16.2. The molecule has 1 N–H and O–H groups in total. The van der Waals surface area contributed by atoms with Crippen molar-refractivity contribution in [2.24, 2.45) is 0 Å². The van der Waals surface area contributed by atoms with Crippen LogP contribution in [-0.2, 0) is 19.5 Å². The summed E-state index contributed by atoms with van der Waals surface area (Å²) in [5.41, 5.74) is 4.54. The van der Waals surface area contributed by atoms with Crippen molar-refractivity contribution in [1.82, 2.24) is 19.2 Å². The number of benzene rings is 2. The number of aromatic amines is 1. The minimum atomic E-state index is 0.0689. The molecule has 7 heteroatoms.